The third kappa shape index (κ3) is 2.09. The number of nitrogens with zero attached hydrogens (tertiary/aromatic N) is 3. The molecule has 1 amide bonds. The molecule has 2 rings (SSSR count). The largest absolute Gasteiger partial charge is 0.367 e. The number of rotatable bonds is 3. The van der Waals surface area contributed by atoms with Gasteiger partial charge in [-0.1, -0.05) is 13.8 Å². The number of carbonyl (C=O) groups excluding carboxylic acids is 1. The summed E-state index contributed by atoms with van der Waals surface area (Å²) < 4.78 is 1.98. The molecule has 5 nitrogen and oxygen atoms in total. The van der Waals surface area contributed by atoms with Crippen LogP contribution in [0.2, 0.25) is 0 Å². The van der Waals surface area contributed by atoms with Crippen molar-refractivity contribution in [3.63, 3.8) is 0 Å². The van der Waals surface area contributed by atoms with E-state index in [1.807, 2.05) is 4.68 Å². The molecule has 1 aliphatic rings. The number of fused-ring (bicyclic) bond motifs is 1. The maximum absolute atomic E-state index is 12.1. The molecule has 0 bridgehead atoms. The fourth-order valence-corrected chi connectivity index (χ4v) is 2.47. The minimum absolute atomic E-state index is 0.00959. The Hall–Kier alpha value is -1.52. The maximum Gasteiger partial charge on any atom is 0.258 e. The molecule has 0 fully saturated rings. The maximum atomic E-state index is 12.1. The lowest BCUT2D eigenvalue weighted by molar-refractivity contribution is 0.0828. The molecule has 1 aliphatic heterocycles. The van der Waals surface area contributed by atoms with E-state index in [0.29, 0.717) is 17.6 Å². The second kappa shape index (κ2) is 5.00. The van der Waals surface area contributed by atoms with Crippen molar-refractivity contribution in [1.82, 2.24) is 14.7 Å². The van der Waals surface area contributed by atoms with E-state index in [9.17, 15) is 4.79 Å². The van der Waals surface area contributed by atoms with Crippen molar-refractivity contribution in [1.29, 1.82) is 0 Å². The summed E-state index contributed by atoms with van der Waals surface area (Å²) >= 11 is 0. The molecule has 1 aromatic rings. The van der Waals surface area contributed by atoms with Gasteiger partial charge < -0.3 is 10.2 Å². The lowest BCUT2D eigenvalue weighted by Gasteiger charge is -2.32. The predicted octanol–water partition coefficient (Wildman–Crippen LogP) is 2.13. The molecule has 1 N–H and O–H groups in total. The Bertz CT molecular complexity index is 438. The predicted molar refractivity (Wildman–Crippen MR) is 71.9 cm³/mol. The smallest absolute Gasteiger partial charge is 0.258 e. The normalized spacial score (nSPS) is 22.2. The highest BCUT2D eigenvalue weighted by Gasteiger charge is 2.29. The zero-order valence-corrected chi connectivity index (χ0v) is 11.6. The third-order valence-corrected chi connectivity index (χ3v) is 3.64. The number of aromatic nitrogens is 2. The third-order valence-electron chi connectivity index (χ3n) is 3.64. The molecule has 0 spiro atoms. The van der Waals surface area contributed by atoms with Crippen LogP contribution in [0.3, 0.4) is 0 Å². The fourth-order valence-electron chi connectivity index (χ4n) is 2.47. The first kappa shape index (κ1) is 12.9. The van der Waals surface area contributed by atoms with Gasteiger partial charge in [0, 0.05) is 20.1 Å². The first-order valence-electron chi connectivity index (χ1n) is 6.64. The van der Waals surface area contributed by atoms with Gasteiger partial charge in [0.1, 0.15) is 11.4 Å². The van der Waals surface area contributed by atoms with Crippen LogP contribution in [0.1, 0.15) is 49.5 Å². The van der Waals surface area contributed by atoms with Crippen molar-refractivity contribution in [2.24, 2.45) is 0 Å². The summed E-state index contributed by atoms with van der Waals surface area (Å²) in [6.07, 6.45) is 4.88. The van der Waals surface area contributed by atoms with Gasteiger partial charge in [-0.3, -0.25) is 4.79 Å². The molecule has 5 heteroatoms. The Morgan fingerprint density at radius 2 is 2.22 bits per heavy atom. The zero-order chi connectivity index (χ0) is 13.3. The van der Waals surface area contributed by atoms with Crippen molar-refractivity contribution in [2.45, 2.75) is 45.2 Å². The Morgan fingerprint density at radius 3 is 2.78 bits per heavy atom. The number of hydrogen-bond acceptors (Lipinski definition) is 3. The molecular weight excluding hydrogens is 228 g/mol. The van der Waals surface area contributed by atoms with Crippen LogP contribution in [0.4, 0.5) is 5.82 Å². The molecule has 0 aliphatic carbocycles. The molecule has 0 saturated carbocycles. The molecule has 1 aromatic heterocycles. The highest BCUT2D eigenvalue weighted by molar-refractivity contribution is 5.98. The summed E-state index contributed by atoms with van der Waals surface area (Å²) in [4.78, 5) is 13.7. The van der Waals surface area contributed by atoms with Crippen molar-refractivity contribution in [3.8, 4) is 0 Å². The van der Waals surface area contributed by atoms with E-state index in [-0.39, 0.29) is 5.91 Å². The molecule has 2 heterocycles. The molecule has 18 heavy (non-hydrogen) atoms. The molecule has 0 aromatic carbocycles. The minimum atomic E-state index is 0.00959. The summed E-state index contributed by atoms with van der Waals surface area (Å²) in [6, 6.07) is 0.836. The number of anilines is 1. The fraction of sp³-hybridized carbons (Fsp3) is 0.692. The van der Waals surface area contributed by atoms with Crippen molar-refractivity contribution >= 4 is 11.7 Å². The molecule has 100 valence electrons. The summed E-state index contributed by atoms with van der Waals surface area (Å²) in [7, 11) is 3.54. The van der Waals surface area contributed by atoms with Crippen molar-refractivity contribution in [3.05, 3.63) is 11.8 Å². The van der Waals surface area contributed by atoms with Crippen LogP contribution in [-0.4, -0.2) is 40.7 Å². The van der Waals surface area contributed by atoms with Gasteiger partial charge in [-0.2, -0.15) is 5.10 Å². The number of hydrogen-bond donors (Lipinski definition) is 1. The second-order valence-electron chi connectivity index (χ2n) is 5.10. The van der Waals surface area contributed by atoms with Gasteiger partial charge in [0.2, 0.25) is 0 Å². The summed E-state index contributed by atoms with van der Waals surface area (Å²) in [5.41, 5.74) is 0.677. The Labute approximate surface area is 108 Å². The van der Waals surface area contributed by atoms with Crippen LogP contribution in [0.25, 0.3) is 0 Å². The average molecular weight is 250 g/mol. The van der Waals surface area contributed by atoms with E-state index in [4.69, 9.17) is 0 Å². The van der Waals surface area contributed by atoms with Crippen molar-refractivity contribution in [2.75, 3.05) is 19.4 Å². The zero-order valence-electron chi connectivity index (χ0n) is 11.6. The Balaban J connectivity index is 2.38. The lowest BCUT2D eigenvalue weighted by atomic mass is 10.00. The highest BCUT2D eigenvalue weighted by atomic mass is 16.2. The van der Waals surface area contributed by atoms with E-state index >= 15 is 0 Å². The van der Waals surface area contributed by atoms with Gasteiger partial charge in [0.15, 0.2) is 0 Å². The van der Waals surface area contributed by atoms with E-state index in [2.05, 4.69) is 24.3 Å². The summed E-state index contributed by atoms with van der Waals surface area (Å²) in [6.45, 7) is 4.34. The van der Waals surface area contributed by atoms with Gasteiger partial charge in [-0.05, 0) is 19.3 Å². The van der Waals surface area contributed by atoms with Gasteiger partial charge in [-0.15, -0.1) is 0 Å². The van der Waals surface area contributed by atoms with Gasteiger partial charge in [0.25, 0.3) is 5.91 Å². The number of nitrogens with one attached hydrogen (secondary N) is 1. The SMILES string of the molecule is CCC1CC(CC)n2ncc(C(=O)N(C)C)c2N1. The Morgan fingerprint density at radius 1 is 1.50 bits per heavy atom. The second-order valence-corrected chi connectivity index (χ2v) is 5.10. The first-order chi connectivity index (χ1) is 8.58. The lowest BCUT2D eigenvalue weighted by Crippen LogP contribution is -2.33. The van der Waals surface area contributed by atoms with E-state index in [1.54, 1.807) is 25.2 Å². The number of carbonyl (C=O) groups is 1. The van der Waals surface area contributed by atoms with Crippen LogP contribution in [-0.2, 0) is 0 Å². The molecule has 0 radical (unpaired) electrons. The standard InChI is InChI=1S/C13H22N4O/c1-5-9-7-10(6-2)17-12(15-9)11(8-14-17)13(18)16(3)4/h8-10,15H,5-7H2,1-4H3. The monoisotopic (exact) mass is 250 g/mol. The topological polar surface area (TPSA) is 50.2 Å². The van der Waals surface area contributed by atoms with Crippen LogP contribution >= 0.6 is 0 Å². The summed E-state index contributed by atoms with van der Waals surface area (Å²) in [5.74, 6) is 0.897. The highest BCUT2D eigenvalue weighted by Crippen LogP contribution is 2.32. The first-order valence-corrected chi connectivity index (χ1v) is 6.64. The Kier molecular flexibility index (Phi) is 3.59. The van der Waals surface area contributed by atoms with Crippen LogP contribution in [0, 0.1) is 0 Å². The van der Waals surface area contributed by atoms with Crippen LogP contribution < -0.4 is 5.32 Å². The molecular formula is C13H22N4O. The van der Waals surface area contributed by atoms with Crippen LogP contribution in [0.15, 0.2) is 6.20 Å². The number of amides is 1. The molecule has 2 atom stereocenters. The quantitative estimate of drug-likeness (QED) is 0.894. The van der Waals surface area contributed by atoms with Crippen LogP contribution in [0.5, 0.6) is 0 Å². The minimum Gasteiger partial charge on any atom is -0.367 e. The van der Waals surface area contributed by atoms with E-state index in [1.165, 1.54) is 0 Å². The van der Waals surface area contributed by atoms with Gasteiger partial charge in [-0.25, -0.2) is 4.68 Å². The van der Waals surface area contributed by atoms with Gasteiger partial charge >= 0.3 is 0 Å². The van der Waals surface area contributed by atoms with E-state index < -0.39 is 0 Å². The molecule has 2 unspecified atom stereocenters. The summed E-state index contributed by atoms with van der Waals surface area (Å²) in [5, 5.41) is 7.84. The average Bonchev–Trinajstić information content (AvgIpc) is 2.79. The van der Waals surface area contributed by atoms with Crippen molar-refractivity contribution < 1.29 is 4.79 Å². The molecule has 0 saturated heterocycles. The van der Waals surface area contributed by atoms with E-state index in [0.717, 1.165) is 25.1 Å². The van der Waals surface area contributed by atoms with Gasteiger partial charge in [0.05, 0.1) is 12.2 Å².